The number of anilines is 2. The second-order valence-electron chi connectivity index (χ2n) is 3.27. The predicted octanol–water partition coefficient (Wildman–Crippen LogP) is 2.69. The van der Waals surface area contributed by atoms with Crippen LogP contribution in [0.25, 0.3) is 0 Å². The van der Waals surface area contributed by atoms with Gasteiger partial charge < -0.3 is 11.1 Å². The van der Waals surface area contributed by atoms with Gasteiger partial charge in [0.25, 0.3) is 11.7 Å². The first-order chi connectivity index (χ1) is 9.06. The second kappa shape index (κ2) is 5.93. The minimum Gasteiger partial charge on any atom is -0.374 e. The molecular weight excluding hydrogens is 294 g/mol. The van der Waals surface area contributed by atoms with Crippen LogP contribution < -0.4 is 11.1 Å². The number of rotatable bonds is 4. The molecule has 3 N–H and O–H groups in total. The Balaban J connectivity index is 2.16. The van der Waals surface area contributed by atoms with Gasteiger partial charge in [0.1, 0.15) is 0 Å². The molecule has 0 radical (unpaired) electrons. The van der Waals surface area contributed by atoms with E-state index >= 15 is 0 Å². The number of nitrogen functional groups attached to an aromatic ring is 1. The summed E-state index contributed by atoms with van der Waals surface area (Å²) in [4.78, 5) is 12.1. The van der Waals surface area contributed by atoms with Crippen molar-refractivity contribution in [3.05, 3.63) is 29.3 Å². The normalized spacial score (nSPS) is 10.7. The van der Waals surface area contributed by atoms with Gasteiger partial charge in [-0.05, 0) is 12.1 Å². The third kappa shape index (κ3) is 3.61. The van der Waals surface area contributed by atoms with Gasteiger partial charge in [0, 0.05) is 4.90 Å². The molecule has 0 saturated heterocycles. The summed E-state index contributed by atoms with van der Waals surface area (Å²) in [5.74, 6) is -3.09. The van der Waals surface area contributed by atoms with Gasteiger partial charge in [-0.3, -0.25) is 4.79 Å². The van der Waals surface area contributed by atoms with Gasteiger partial charge in [-0.15, -0.1) is 10.2 Å². The maximum atomic E-state index is 12.4. The molecule has 0 aliphatic rings. The topological polar surface area (TPSA) is 80.9 Å². The first-order valence-electron chi connectivity index (χ1n) is 5.00. The fraction of sp³-hybridized carbons (Fsp3) is 0.100. The predicted molar refractivity (Wildman–Crippen MR) is 70.6 cm³/mol. The number of amides is 1. The number of para-hydroxylation sites is 1. The number of aromatic nitrogens is 2. The SMILES string of the molecule is Nc1nnc(C(=O)Nc2ccccc2SC(F)F)s1. The highest BCUT2D eigenvalue weighted by Gasteiger charge is 2.15. The van der Waals surface area contributed by atoms with Gasteiger partial charge >= 0.3 is 0 Å². The van der Waals surface area contributed by atoms with Crippen molar-refractivity contribution in [2.75, 3.05) is 11.1 Å². The molecule has 1 aromatic carbocycles. The standard InChI is InChI=1S/C10H8F2N4OS2/c11-9(12)18-6-4-2-1-3-5(6)14-7(17)8-15-16-10(13)19-8/h1-4,9H,(H2,13,16)(H,14,17). The average molecular weight is 302 g/mol. The zero-order valence-electron chi connectivity index (χ0n) is 9.34. The molecule has 0 aliphatic carbocycles. The lowest BCUT2D eigenvalue weighted by Gasteiger charge is -2.08. The molecule has 0 bridgehead atoms. The van der Waals surface area contributed by atoms with Crippen molar-refractivity contribution in [1.82, 2.24) is 10.2 Å². The molecule has 0 aliphatic heterocycles. The Kier molecular flexibility index (Phi) is 4.27. The number of nitrogens with zero attached hydrogens (tertiary/aromatic N) is 2. The number of hydrogen-bond acceptors (Lipinski definition) is 6. The third-order valence-electron chi connectivity index (χ3n) is 1.99. The van der Waals surface area contributed by atoms with Crippen LogP contribution in [0.1, 0.15) is 9.80 Å². The molecule has 0 fully saturated rings. The lowest BCUT2D eigenvalue weighted by atomic mass is 10.3. The molecule has 19 heavy (non-hydrogen) atoms. The van der Waals surface area contributed by atoms with Crippen molar-refractivity contribution in [2.24, 2.45) is 0 Å². The van der Waals surface area contributed by atoms with E-state index in [1.165, 1.54) is 12.1 Å². The number of nitrogens with two attached hydrogens (primary N) is 1. The van der Waals surface area contributed by atoms with E-state index in [1.807, 2.05) is 0 Å². The molecule has 0 unspecified atom stereocenters. The van der Waals surface area contributed by atoms with Gasteiger partial charge in [0.15, 0.2) is 0 Å². The number of alkyl halides is 2. The van der Waals surface area contributed by atoms with Crippen LogP contribution in [0, 0.1) is 0 Å². The molecule has 0 spiro atoms. The van der Waals surface area contributed by atoms with Crippen LogP contribution in [-0.2, 0) is 0 Å². The van der Waals surface area contributed by atoms with Crippen molar-refractivity contribution in [3.8, 4) is 0 Å². The Morgan fingerprint density at radius 1 is 1.37 bits per heavy atom. The average Bonchev–Trinajstić information content (AvgIpc) is 2.78. The van der Waals surface area contributed by atoms with Gasteiger partial charge in [0.2, 0.25) is 10.1 Å². The van der Waals surface area contributed by atoms with E-state index in [0.717, 1.165) is 11.3 Å². The Hall–Kier alpha value is -1.74. The van der Waals surface area contributed by atoms with Crippen LogP contribution in [0.2, 0.25) is 0 Å². The quantitative estimate of drug-likeness (QED) is 0.849. The van der Waals surface area contributed by atoms with Crippen molar-refractivity contribution >= 4 is 39.8 Å². The van der Waals surface area contributed by atoms with Crippen LogP contribution in [-0.4, -0.2) is 21.9 Å². The Bertz CT molecular complexity index is 590. The molecular formula is C10H8F2N4OS2. The van der Waals surface area contributed by atoms with Crippen molar-refractivity contribution in [1.29, 1.82) is 0 Å². The number of hydrogen-bond donors (Lipinski definition) is 2. The number of benzene rings is 1. The second-order valence-corrected chi connectivity index (χ2v) is 5.32. The molecule has 5 nitrogen and oxygen atoms in total. The smallest absolute Gasteiger partial charge is 0.288 e. The highest BCUT2D eigenvalue weighted by molar-refractivity contribution is 7.99. The van der Waals surface area contributed by atoms with Crippen LogP contribution in [0.3, 0.4) is 0 Å². The maximum Gasteiger partial charge on any atom is 0.288 e. The summed E-state index contributed by atoms with van der Waals surface area (Å²) in [6, 6.07) is 6.29. The Labute approximate surface area is 115 Å². The molecule has 9 heteroatoms. The first kappa shape index (κ1) is 13.7. The monoisotopic (exact) mass is 302 g/mol. The summed E-state index contributed by atoms with van der Waals surface area (Å²) in [7, 11) is 0. The summed E-state index contributed by atoms with van der Waals surface area (Å²) >= 11 is 1.29. The molecule has 2 aromatic rings. The van der Waals surface area contributed by atoms with E-state index in [1.54, 1.807) is 12.1 Å². The van der Waals surface area contributed by atoms with Crippen LogP contribution in [0.15, 0.2) is 29.2 Å². The molecule has 1 amide bonds. The molecule has 0 saturated carbocycles. The van der Waals surface area contributed by atoms with Gasteiger partial charge in [0.05, 0.1) is 5.69 Å². The minimum atomic E-state index is -2.56. The van der Waals surface area contributed by atoms with Gasteiger partial charge in [-0.25, -0.2) is 0 Å². The lowest BCUT2D eigenvalue weighted by molar-refractivity contribution is 0.102. The van der Waals surface area contributed by atoms with Crippen LogP contribution in [0.5, 0.6) is 0 Å². The van der Waals surface area contributed by atoms with E-state index in [-0.39, 0.29) is 15.0 Å². The number of halogens is 2. The summed E-state index contributed by atoms with van der Waals surface area (Å²) < 4.78 is 24.8. The molecule has 0 atom stereocenters. The van der Waals surface area contributed by atoms with Crippen molar-refractivity contribution < 1.29 is 13.6 Å². The minimum absolute atomic E-state index is 0.0781. The number of carbonyl (C=O) groups is 1. The summed E-state index contributed by atoms with van der Waals surface area (Å²) in [5, 5.41) is 9.84. The van der Waals surface area contributed by atoms with Crippen LogP contribution >= 0.6 is 23.1 Å². The summed E-state index contributed by atoms with van der Waals surface area (Å²) in [6.07, 6.45) is 0. The first-order valence-corrected chi connectivity index (χ1v) is 6.70. The highest BCUT2D eigenvalue weighted by Crippen LogP contribution is 2.31. The maximum absolute atomic E-state index is 12.4. The summed E-state index contributed by atoms with van der Waals surface area (Å²) in [5.41, 5.74) is 5.66. The molecule has 1 aromatic heterocycles. The Morgan fingerprint density at radius 3 is 2.74 bits per heavy atom. The Morgan fingerprint density at radius 2 is 2.11 bits per heavy atom. The van der Waals surface area contributed by atoms with Gasteiger partial charge in [-0.1, -0.05) is 35.2 Å². The van der Waals surface area contributed by atoms with E-state index in [2.05, 4.69) is 15.5 Å². The number of thioether (sulfide) groups is 1. The lowest BCUT2D eigenvalue weighted by Crippen LogP contribution is -2.12. The van der Waals surface area contributed by atoms with Crippen molar-refractivity contribution in [3.63, 3.8) is 0 Å². The zero-order valence-corrected chi connectivity index (χ0v) is 11.0. The van der Waals surface area contributed by atoms with E-state index in [9.17, 15) is 13.6 Å². The number of carbonyl (C=O) groups excluding carboxylic acids is 1. The molecule has 2 rings (SSSR count). The van der Waals surface area contributed by atoms with E-state index < -0.39 is 11.7 Å². The van der Waals surface area contributed by atoms with E-state index in [4.69, 9.17) is 5.73 Å². The zero-order chi connectivity index (χ0) is 13.8. The fourth-order valence-electron chi connectivity index (χ4n) is 1.27. The third-order valence-corrected chi connectivity index (χ3v) is 3.53. The van der Waals surface area contributed by atoms with Crippen molar-refractivity contribution in [2.45, 2.75) is 10.7 Å². The fourth-order valence-corrected chi connectivity index (χ4v) is 2.37. The molecule has 1 heterocycles. The van der Waals surface area contributed by atoms with Crippen LogP contribution in [0.4, 0.5) is 19.6 Å². The largest absolute Gasteiger partial charge is 0.374 e. The van der Waals surface area contributed by atoms with Gasteiger partial charge in [-0.2, -0.15) is 8.78 Å². The van der Waals surface area contributed by atoms with E-state index in [0.29, 0.717) is 17.4 Å². The number of nitrogens with one attached hydrogen (secondary N) is 1. The molecule has 100 valence electrons. The summed E-state index contributed by atoms with van der Waals surface area (Å²) in [6.45, 7) is 0. The highest BCUT2D eigenvalue weighted by atomic mass is 32.2.